The van der Waals surface area contributed by atoms with Crippen molar-refractivity contribution in [2.45, 2.75) is 125 Å². The summed E-state index contributed by atoms with van der Waals surface area (Å²) in [5, 5.41) is 0. The zero-order valence-electron chi connectivity index (χ0n) is 25.8. The van der Waals surface area contributed by atoms with Crippen LogP contribution in [0.2, 0.25) is 0 Å². The predicted octanol–water partition coefficient (Wildman–Crippen LogP) is 5.87. The van der Waals surface area contributed by atoms with Crippen LogP contribution in [0.5, 0.6) is 11.5 Å². The van der Waals surface area contributed by atoms with Crippen LogP contribution < -0.4 is 15.2 Å². The SMILES string of the molecule is CCCC(C)OC(=O)Oc1ccc(C[C@H](N)C(=O)O[C@@H](C)[C@H](C)OC(=O)C(C)(C)C)cc1OC(=O)OC(C)CCC. The molecule has 0 saturated heterocycles. The first-order chi connectivity index (χ1) is 19.1. The quantitative estimate of drug-likeness (QED) is 0.159. The van der Waals surface area contributed by atoms with E-state index in [1.165, 1.54) is 12.1 Å². The molecular weight excluding hydrogens is 534 g/mol. The highest BCUT2D eigenvalue weighted by Crippen LogP contribution is 2.30. The average molecular weight is 582 g/mol. The third-order valence-corrected chi connectivity index (χ3v) is 6.01. The van der Waals surface area contributed by atoms with Crippen molar-refractivity contribution in [1.29, 1.82) is 0 Å². The van der Waals surface area contributed by atoms with Gasteiger partial charge in [-0.25, -0.2) is 9.59 Å². The summed E-state index contributed by atoms with van der Waals surface area (Å²) in [6, 6.07) is 3.32. The molecule has 0 aliphatic carbocycles. The van der Waals surface area contributed by atoms with Gasteiger partial charge in [-0.1, -0.05) is 32.8 Å². The highest BCUT2D eigenvalue weighted by atomic mass is 16.7. The molecule has 0 aliphatic heterocycles. The van der Waals surface area contributed by atoms with Gasteiger partial charge in [0.05, 0.1) is 5.41 Å². The van der Waals surface area contributed by atoms with Crippen molar-refractivity contribution in [3.63, 3.8) is 0 Å². The van der Waals surface area contributed by atoms with Gasteiger partial charge in [0, 0.05) is 0 Å². The van der Waals surface area contributed by atoms with Crippen molar-refractivity contribution < 1.29 is 47.6 Å². The third-order valence-electron chi connectivity index (χ3n) is 6.01. The molecule has 232 valence electrons. The van der Waals surface area contributed by atoms with Gasteiger partial charge in [0.15, 0.2) is 11.5 Å². The van der Waals surface area contributed by atoms with Crippen molar-refractivity contribution in [1.82, 2.24) is 0 Å². The standard InChI is InChI=1S/C30H47NO10/c1-10-12-18(3)36-28(34)40-24-15-14-22(17-25(24)41-29(35)37-19(4)13-11-2)16-23(31)26(32)38-20(5)21(6)39-27(33)30(7,8)9/h14-15,17-21,23H,10-13,16,31H2,1-9H3/t18?,19?,20-,21-,23-/m0/s1. The number of carbonyl (C=O) groups excluding carboxylic acids is 4. The Kier molecular flexibility index (Phi) is 14.6. The number of nitrogens with two attached hydrogens (primary N) is 1. The first-order valence-corrected chi connectivity index (χ1v) is 14.1. The Morgan fingerprint density at radius 2 is 1.24 bits per heavy atom. The summed E-state index contributed by atoms with van der Waals surface area (Å²) in [5.74, 6) is -1.30. The van der Waals surface area contributed by atoms with E-state index in [4.69, 9.17) is 34.2 Å². The van der Waals surface area contributed by atoms with E-state index in [1.54, 1.807) is 54.5 Å². The van der Waals surface area contributed by atoms with Crippen molar-refractivity contribution in [3.8, 4) is 11.5 Å². The molecule has 2 unspecified atom stereocenters. The summed E-state index contributed by atoms with van der Waals surface area (Å²) in [7, 11) is 0. The molecule has 11 heteroatoms. The van der Waals surface area contributed by atoms with E-state index in [0.29, 0.717) is 18.4 Å². The summed E-state index contributed by atoms with van der Waals surface area (Å²) >= 11 is 0. The maximum absolute atomic E-state index is 12.7. The number of hydrogen-bond acceptors (Lipinski definition) is 11. The molecule has 0 radical (unpaired) electrons. The molecule has 41 heavy (non-hydrogen) atoms. The summed E-state index contributed by atoms with van der Waals surface area (Å²) in [4.78, 5) is 49.5. The Morgan fingerprint density at radius 3 is 1.73 bits per heavy atom. The van der Waals surface area contributed by atoms with Crippen molar-refractivity contribution >= 4 is 24.2 Å². The molecule has 1 aromatic rings. The van der Waals surface area contributed by atoms with E-state index in [9.17, 15) is 19.2 Å². The largest absolute Gasteiger partial charge is 0.514 e. The molecule has 0 aromatic heterocycles. The average Bonchev–Trinajstić information content (AvgIpc) is 2.84. The van der Waals surface area contributed by atoms with Gasteiger partial charge in [-0.05, 0) is 85.4 Å². The molecule has 0 spiro atoms. The van der Waals surface area contributed by atoms with Gasteiger partial charge in [0.1, 0.15) is 30.5 Å². The Labute approximate surface area is 243 Å². The fraction of sp³-hybridized carbons (Fsp3) is 0.667. The second-order valence-electron chi connectivity index (χ2n) is 11.2. The van der Waals surface area contributed by atoms with E-state index in [-0.39, 0.29) is 30.1 Å². The van der Waals surface area contributed by atoms with E-state index in [2.05, 4.69) is 0 Å². The highest BCUT2D eigenvalue weighted by molar-refractivity contribution is 5.77. The predicted molar refractivity (Wildman–Crippen MR) is 152 cm³/mol. The third kappa shape index (κ3) is 13.2. The molecule has 0 aliphatic rings. The molecular formula is C30H47NO10. The number of benzene rings is 1. The number of carbonyl (C=O) groups is 4. The molecule has 1 rings (SSSR count). The first kappa shape index (κ1) is 35.7. The highest BCUT2D eigenvalue weighted by Gasteiger charge is 2.29. The van der Waals surface area contributed by atoms with E-state index in [1.807, 2.05) is 13.8 Å². The van der Waals surface area contributed by atoms with E-state index in [0.717, 1.165) is 12.8 Å². The van der Waals surface area contributed by atoms with Gasteiger partial charge in [-0.3, -0.25) is 9.59 Å². The topological polar surface area (TPSA) is 150 Å². The molecule has 5 atom stereocenters. The lowest BCUT2D eigenvalue weighted by Gasteiger charge is -2.25. The minimum atomic E-state index is -1.08. The minimum absolute atomic E-state index is 0.0115. The Bertz CT molecular complexity index is 1020. The molecule has 0 fully saturated rings. The molecule has 0 saturated carbocycles. The molecule has 2 N–H and O–H groups in total. The molecule has 1 aromatic carbocycles. The lowest BCUT2D eigenvalue weighted by molar-refractivity contribution is -0.171. The van der Waals surface area contributed by atoms with Gasteiger partial charge in [0.25, 0.3) is 0 Å². The zero-order valence-corrected chi connectivity index (χ0v) is 25.8. The van der Waals surface area contributed by atoms with Gasteiger partial charge < -0.3 is 34.2 Å². The van der Waals surface area contributed by atoms with E-state index >= 15 is 0 Å². The van der Waals surface area contributed by atoms with E-state index < -0.39 is 47.9 Å². The van der Waals surface area contributed by atoms with Gasteiger partial charge in [0.2, 0.25) is 0 Å². The summed E-state index contributed by atoms with van der Waals surface area (Å²) in [6.07, 6.45) is -1.15. The Morgan fingerprint density at radius 1 is 0.756 bits per heavy atom. The molecule has 0 amide bonds. The molecule has 0 bridgehead atoms. The van der Waals surface area contributed by atoms with Crippen LogP contribution in [0.3, 0.4) is 0 Å². The van der Waals surface area contributed by atoms with Crippen LogP contribution in [-0.2, 0) is 35.0 Å². The van der Waals surface area contributed by atoms with Crippen molar-refractivity contribution in [3.05, 3.63) is 23.8 Å². The number of esters is 2. The van der Waals surface area contributed by atoms with Crippen LogP contribution >= 0.6 is 0 Å². The molecule has 0 heterocycles. The number of ether oxygens (including phenoxy) is 6. The first-order valence-electron chi connectivity index (χ1n) is 14.1. The van der Waals surface area contributed by atoms with Crippen LogP contribution in [0, 0.1) is 5.41 Å². The second-order valence-corrected chi connectivity index (χ2v) is 11.2. The normalized spacial score (nSPS) is 15.0. The van der Waals surface area contributed by atoms with Crippen LogP contribution in [0.1, 0.15) is 93.6 Å². The van der Waals surface area contributed by atoms with Crippen molar-refractivity contribution in [2.75, 3.05) is 0 Å². The summed E-state index contributed by atoms with van der Waals surface area (Å²) < 4.78 is 32.0. The maximum atomic E-state index is 12.7. The Hall–Kier alpha value is -3.34. The van der Waals surface area contributed by atoms with Crippen LogP contribution in [0.4, 0.5) is 9.59 Å². The summed E-state index contributed by atoms with van der Waals surface area (Å²) in [5.41, 5.74) is 5.90. The van der Waals surface area contributed by atoms with Gasteiger partial charge in [-0.2, -0.15) is 0 Å². The maximum Gasteiger partial charge on any atom is 0.514 e. The lowest BCUT2D eigenvalue weighted by atomic mass is 9.97. The minimum Gasteiger partial charge on any atom is -0.458 e. The fourth-order valence-electron chi connectivity index (χ4n) is 3.48. The fourth-order valence-corrected chi connectivity index (χ4v) is 3.48. The second kappa shape index (κ2) is 16.8. The zero-order chi connectivity index (χ0) is 31.3. The number of rotatable bonds is 14. The summed E-state index contributed by atoms with van der Waals surface area (Å²) in [6.45, 7) is 15.8. The Balaban J connectivity index is 3.00. The smallest absolute Gasteiger partial charge is 0.458 e. The molecule has 11 nitrogen and oxygen atoms in total. The van der Waals surface area contributed by atoms with Gasteiger partial charge in [-0.15, -0.1) is 0 Å². The van der Waals surface area contributed by atoms with Crippen LogP contribution in [-0.4, -0.2) is 54.7 Å². The van der Waals surface area contributed by atoms with Crippen LogP contribution in [0.25, 0.3) is 0 Å². The number of hydrogen-bond donors (Lipinski definition) is 1. The lowest BCUT2D eigenvalue weighted by Crippen LogP contribution is -2.40. The van der Waals surface area contributed by atoms with Crippen LogP contribution in [0.15, 0.2) is 18.2 Å². The monoisotopic (exact) mass is 581 g/mol. The van der Waals surface area contributed by atoms with Gasteiger partial charge >= 0.3 is 24.2 Å². The van der Waals surface area contributed by atoms with Crippen molar-refractivity contribution in [2.24, 2.45) is 11.1 Å².